The Morgan fingerprint density at radius 2 is 1.94 bits per heavy atom. The van der Waals surface area contributed by atoms with Crippen molar-refractivity contribution in [3.05, 3.63) is 84.3 Å². The summed E-state index contributed by atoms with van der Waals surface area (Å²) in [6.45, 7) is 7.81. The van der Waals surface area contributed by atoms with Gasteiger partial charge in [0.05, 0.1) is 30.2 Å². The van der Waals surface area contributed by atoms with Crippen molar-refractivity contribution in [3.8, 4) is 22.9 Å². The summed E-state index contributed by atoms with van der Waals surface area (Å²) >= 11 is 5.90. The van der Waals surface area contributed by atoms with Crippen LogP contribution in [-0.2, 0) is 4.74 Å². The highest BCUT2D eigenvalue weighted by Gasteiger charge is 2.21. The van der Waals surface area contributed by atoms with Gasteiger partial charge in [-0.05, 0) is 69.0 Å². The molecule has 0 saturated heterocycles. The number of rotatable bonds is 8. The molecule has 0 amide bonds. The summed E-state index contributed by atoms with van der Waals surface area (Å²) < 4.78 is 33.7. The topological polar surface area (TPSA) is 100 Å². The SMILES string of the molecule is COc1cc2nc(-c3ccc(C4=CCC(C)C=C4)c(F)c3)nc(Nc3ccc4c(cnn4C(=O)OC(C)(C)C)c3)c2cc1OCCCl. The van der Waals surface area contributed by atoms with Gasteiger partial charge < -0.3 is 19.5 Å². The number of anilines is 2. The van der Waals surface area contributed by atoms with Gasteiger partial charge in [0.2, 0.25) is 0 Å². The molecule has 47 heavy (non-hydrogen) atoms. The number of benzene rings is 3. The highest BCUT2D eigenvalue weighted by atomic mass is 35.5. The molecule has 0 saturated carbocycles. The van der Waals surface area contributed by atoms with E-state index in [4.69, 9.17) is 35.8 Å². The van der Waals surface area contributed by atoms with Crippen molar-refractivity contribution in [1.29, 1.82) is 0 Å². The summed E-state index contributed by atoms with van der Waals surface area (Å²) in [4.78, 5) is 22.4. The van der Waals surface area contributed by atoms with Gasteiger partial charge in [-0.15, -0.1) is 11.6 Å². The van der Waals surface area contributed by atoms with E-state index < -0.39 is 11.7 Å². The molecule has 0 bridgehead atoms. The van der Waals surface area contributed by atoms with Gasteiger partial charge in [0, 0.05) is 33.7 Å². The summed E-state index contributed by atoms with van der Waals surface area (Å²) in [5.41, 5.74) is 3.06. The van der Waals surface area contributed by atoms with Gasteiger partial charge in [0.15, 0.2) is 17.3 Å². The zero-order valence-corrected chi connectivity index (χ0v) is 27.6. The van der Waals surface area contributed by atoms with E-state index in [2.05, 4.69) is 29.5 Å². The molecule has 3 aromatic carbocycles. The van der Waals surface area contributed by atoms with Crippen LogP contribution in [-0.4, -0.2) is 51.0 Å². The van der Waals surface area contributed by atoms with Crippen LogP contribution in [0.1, 0.15) is 39.7 Å². The van der Waals surface area contributed by atoms with E-state index in [0.717, 1.165) is 12.0 Å². The van der Waals surface area contributed by atoms with E-state index in [1.165, 1.54) is 10.7 Å². The molecule has 5 aromatic rings. The Balaban J connectivity index is 1.42. The van der Waals surface area contributed by atoms with Gasteiger partial charge in [0.1, 0.15) is 23.8 Å². The van der Waals surface area contributed by atoms with Crippen molar-refractivity contribution >= 4 is 56.6 Å². The molecule has 0 fully saturated rings. The van der Waals surface area contributed by atoms with Gasteiger partial charge in [-0.3, -0.25) is 0 Å². The minimum atomic E-state index is -0.663. The third kappa shape index (κ3) is 6.92. The van der Waals surface area contributed by atoms with Crippen molar-refractivity contribution in [2.24, 2.45) is 5.92 Å². The lowest BCUT2D eigenvalue weighted by Gasteiger charge is -2.19. The molecule has 0 aliphatic heterocycles. The summed E-state index contributed by atoms with van der Waals surface area (Å²) in [7, 11) is 1.55. The second-order valence-corrected chi connectivity index (χ2v) is 12.7. The number of methoxy groups -OCH3 is 1. The maximum absolute atomic E-state index is 15.5. The number of hydrogen-bond acceptors (Lipinski definition) is 8. The van der Waals surface area contributed by atoms with E-state index in [0.29, 0.717) is 73.6 Å². The smallest absolute Gasteiger partial charge is 0.435 e. The quantitative estimate of drug-likeness (QED) is 0.165. The fourth-order valence-corrected chi connectivity index (χ4v) is 5.37. The highest BCUT2D eigenvalue weighted by Crippen LogP contribution is 2.37. The number of alkyl halides is 1. The van der Waals surface area contributed by atoms with Crippen molar-refractivity contribution < 1.29 is 23.4 Å². The summed E-state index contributed by atoms with van der Waals surface area (Å²) in [6.07, 6.45) is 8.00. The largest absolute Gasteiger partial charge is 0.493 e. The van der Waals surface area contributed by atoms with Crippen molar-refractivity contribution in [2.45, 2.75) is 39.7 Å². The first-order valence-corrected chi connectivity index (χ1v) is 15.8. The van der Waals surface area contributed by atoms with E-state index in [1.54, 1.807) is 58.3 Å². The van der Waals surface area contributed by atoms with Crippen LogP contribution in [0.5, 0.6) is 11.5 Å². The van der Waals surface area contributed by atoms with Crippen LogP contribution >= 0.6 is 11.6 Å². The lowest BCUT2D eigenvalue weighted by molar-refractivity contribution is 0.0522. The number of nitrogens with one attached hydrogen (secondary N) is 1. The molecule has 2 aromatic heterocycles. The van der Waals surface area contributed by atoms with Crippen molar-refractivity contribution in [3.63, 3.8) is 0 Å². The van der Waals surface area contributed by atoms with Crippen LogP contribution < -0.4 is 14.8 Å². The average molecular weight is 656 g/mol. The first-order chi connectivity index (χ1) is 22.5. The first-order valence-electron chi connectivity index (χ1n) is 15.3. The summed E-state index contributed by atoms with van der Waals surface area (Å²) in [6, 6.07) is 14.0. The van der Waals surface area contributed by atoms with E-state index in [9.17, 15) is 4.79 Å². The second kappa shape index (κ2) is 13.0. The van der Waals surface area contributed by atoms with Crippen LogP contribution in [0, 0.1) is 11.7 Å². The van der Waals surface area contributed by atoms with E-state index in [1.807, 2.05) is 24.3 Å². The standard InChI is InChI=1S/C36H35ClFN5O4/c1-21-6-8-22(9-7-21)26-12-10-23(17-28(26)38)33-41-29-19-31(45-5)32(46-15-14-37)18-27(29)34(42-33)40-25-11-13-30-24(16-25)20-39-43(30)35(44)47-36(2,3)4/h6,8-13,16-21H,7,14-15H2,1-5H3,(H,40,41,42). The Morgan fingerprint density at radius 3 is 2.64 bits per heavy atom. The number of carbonyl (C=O) groups excluding carboxylic acids is 1. The van der Waals surface area contributed by atoms with Crippen LogP contribution in [0.2, 0.25) is 0 Å². The lowest BCUT2D eigenvalue weighted by Crippen LogP contribution is -2.27. The molecule has 6 rings (SSSR count). The van der Waals surface area contributed by atoms with Crippen molar-refractivity contribution in [2.75, 3.05) is 24.9 Å². The number of ether oxygens (including phenoxy) is 3. The Morgan fingerprint density at radius 1 is 1.11 bits per heavy atom. The maximum Gasteiger partial charge on any atom is 0.435 e. The Kier molecular flexibility index (Phi) is 8.88. The van der Waals surface area contributed by atoms with E-state index in [-0.39, 0.29) is 12.4 Å². The molecule has 242 valence electrons. The molecule has 2 heterocycles. The zero-order valence-electron chi connectivity index (χ0n) is 26.8. The predicted molar refractivity (Wildman–Crippen MR) is 183 cm³/mol. The Labute approximate surface area is 277 Å². The van der Waals surface area contributed by atoms with Gasteiger partial charge in [-0.25, -0.2) is 19.2 Å². The first kappa shape index (κ1) is 32.0. The normalized spacial score (nSPS) is 14.7. The van der Waals surface area contributed by atoms with Gasteiger partial charge >= 0.3 is 6.09 Å². The fraction of sp³-hybridized carbons (Fsp3) is 0.278. The molecule has 0 spiro atoms. The molecule has 0 radical (unpaired) electrons. The minimum absolute atomic E-state index is 0.277. The molecule has 1 N–H and O–H groups in total. The zero-order chi connectivity index (χ0) is 33.3. The third-order valence-corrected chi connectivity index (χ3v) is 7.72. The molecule has 11 heteroatoms. The summed E-state index contributed by atoms with van der Waals surface area (Å²) in [5, 5.41) is 9.00. The molecule has 1 atom stereocenters. The number of fused-ring (bicyclic) bond motifs is 2. The van der Waals surface area contributed by atoms with Crippen LogP contribution in [0.4, 0.5) is 20.7 Å². The Hall–Kier alpha value is -4.96. The maximum atomic E-state index is 15.5. The highest BCUT2D eigenvalue weighted by molar-refractivity contribution is 6.18. The molecule has 1 unspecified atom stereocenters. The second-order valence-electron chi connectivity index (χ2n) is 12.3. The predicted octanol–water partition coefficient (Wildman–Crippen LogP) is 8.92. The van der Waals surface area contributed by atoms with Crippen LogP contribution in [0.25, 0.3) is 38.8 Å². The molecule has 1 aliphatic rings. The number of aromatic nitrogens is 4. The average Bonchev–Trinajstić information content (AvgIpc) is 3.46. The lowest BCUT2D eigenvalue weighted by atomic mass is 9.93. The molecular weight excluding hydrogens is 621 g/mol. The van der Waals surface area contributed by atoms with Crippen LogP contribution in [0.15, 0.2) is 73.0 Å². The monoisotopic (exact) mass is 655 g/mol. The number of carbonyl (C=O) groups is 1. The summed E-state index contributed by atoms with van der Waals surface area (Å²) in [5.74, 6) is 2.10. The van der Waals surface area contributed by atoms with Crippen LogP contribution in [0.3, 0.4) is 0 Å². The minimum Gasteiger partial charge on any atom is -0.493 e. The van der Waals surface area contributed by atoms with Gasteiger partial charge in [0.25, 0.3) is 0 Å². The number of hydrogen-bond donors (Lipinski definition) is 1. The van der Waals surface area contributed by atoms with Crippen molar-refractivity contribution in [1.82, 2.24) is 19.7 Å². The third-order valence-electron chi connectivity index (χ3n) is 7.57. The number of nitrogens with zero attached hydrogens (tertiary/aromatic N) is 4. The fourth-order valence-electron chi connectivity index (χ4n) is 5.30. The number of allylic oxidation sites excluding steroid dienone is 4. The number of halogens is 2. The van der Waals surface area contributed by atoms with Gasteiger partial charge in [-0.1, -0.05) is 37.3 Å². The van der Waals surface area contributed by atoms with E-state index >= 15 is 4.39 Å². The van der Waals surface area contributed by atoms with Gasteiger partial charge in [-0.2, -0.15) is 9.78 Å². The Bertz CT molecular complexity index is 2050. The molecular formula is C36H35ClFN5O4. The molecule has 9 nitrogen and oxygen atoms in total. The molecule has 1 aliphatic carbocycles.